The van der Waals surface area contributed by atoms with Gasteiger partial charge in [-0.3, -0.25) is 4.98 Å². The number of anilines is 3. The molecule has 40 heavy (non-hydrogen) atoms. The van der Waals surface area contributed by atoms with Crippen LogP contribution in [0.4, 0.5) is 30.2 Å². The molecule has 5 aromatic rings. The van der Waals surface area contributed by atoms with Gasteiger partial charge in [-0.1, -0.05) is 17.3 Å². The number of pyridine rings is 2. The molecule has 2 N–H and O–H groups in total. The molecule has 6 rings (SSSR count). The fourth-order valence-electron chi connectivity index (χ4n) is 4.27. The van der Waals surface area contributed by atoms with Crippen LogP contribution in [0.3, 0.4) is 0 Å². The SMILES string of the molecule is [2H]C(Nc1cc(C#N)c2ncc(C#N)c(Nc3cnc(F)c(F)c3)c2c1)(c1ccc(F)cc1)c1cn(C2CC2)nn1. The van der Waals surface area contributed by atoms with E-state index in [1.165, 1.54) is 36.5 Å². The maximum absolute atomic E-state index is 13.9. The molecule has 1 fully saturated rings. The van der Waals surface area contributed by atoms with Crippen molar-refractivity contribution in [3.05, 3.63) is 101 Å². The number of nitriles is 2. The third kappa shape index (κ3) is 4.74. The van der Waals surface area contributed by atoms with Crippen molar-refractivity contribution in [2.24, 2.45) is 0 Å². The van der Waals surface area contributed by atoms with Gasteiger partial charge in [0, 0.05) is 23.3 Å². The standard InChI is InChI=1S/C28H18F3N9/c29-18-3-1-15(2-4-18)27(24-14-40(39-38-24)21-5-6-21)36-19-7-16(10-32)25-22(8-19)26(17(11-33)12-34-25)37-20-9-23(30)28(31)35-13-20/h1-4,7-9,12-14,21,27,36H,5-6H2,(H,34,37)/i27D. The number of nitrogens with one attached hydrogen (secondary N) is 2. The van der Waals surface area contributed by atoms with Gasteiger partial charge in [0.2, 0.25) is 5.95 Å². The van der Waals surface area contributed by atoms with Gasteiger partial charge in [-0.15, -0.1) is 5.10 Å². The van der Waals surface area contributed by atoms with Crippen LogP contribution in [0.15, 0.2) is 61.1 Å². The first-order valence-corrected chi connectivity index (χ1v) is 12.1. The molecule has 0 spiro atoms. The molecule has 9 nitrogen and oxygen atoms in total. The lowest BCUT2D eigenvalue weighted by Crippen LogP contribution is -2.13. The molecule has 1 aliphatic carbocycles. The van der Waals surface area contributed by atoms with E-state index >= 15 is 0 Å². The molecule has 1 aliphatic rings. The molecular formula is C28H18F3N9. The molecule has 1 unspecified atom stereocenters. The quantitative estimate of drug-likeness (QED) is 0.254. The molecule has 0 bridgehead atoms. The van der Waals surface area contributed by atoms with Crippen LogP contribution in [0.25, 0.3) is 10.9 Å². The van der Waals surface area contributed by atoms with Crippen molar-refractivity contribution in [1.29, 1.82) is 10.5 Å². The predicted molar refractivity (Wildman–Crippen MR) is 139 cm³/mol. The number of halogens is 3. The molecule has 12 heteroatoms. The topological polar surface area (TPSA) is 128 Å². The van der Waals surface area contributed by atoms with E-state index in [4.69, 9.17) is 0 Å². The summed E-state index contributed by atoms with van der Waals surface area (Å²) < 4.78 is 52.3. The summed E-state index contributed by atoms with van der Waals surface area (Å²) in [6.45, 7) is 0. The van der Waals surface area contributed by atoms with Crippen LogP contribution in [0.5, 0.6) is 0 Å². The Hall–Kier alpha value is -5.49. The minimum absolute atomic E-state index is 0.0580. The van der Waals surface area contributed by atoms with Crippen molar-refractivity contribution in [2.75, 3.05) is 10.6 Å². The smallest absolute Gasteiger partial charge is 0.249 e. The lowest BCUT2D eigenvalue weighted by molar-refractivity contribution is 0.480. The first-order valence-electron chi connectivity index (χ1n) is 12.6. The van der Waals surface area contributed by atoms with Crippen molar-refractivity contribution < 1.29 is 14.5 Å². The second-order valence-electron chi connectivity index (χ2n) is 9.13. The summed E-state index contributed by atoms with van der Waals surface area (Å²) in [5.41, 5.74) is 1.51. The van der Waals surface area contributed by atoms with Gasteiger partial charge in [-0.2, -0.15) is 14.9 Å². The summed E-state index contributed by atoms with van der Waals surface area (Å²) in [6.07, 6.45) is 5.88. The van der Waals surface area contributed by atoms with Gasteiger partial charge in [0.15, 0.2) is 5.82 Å². The van der Waals surface area contributed by atoms with Crippen LogP contribution in [0, 0.1) is 40.2 Å². The second-order valence-corrected chi connectivity index (χ2v) is 9.13. The molecular weight excluding hydrogens is 519 g/mol. The van der Waals surface area contributed by atoms with Crippen LogP contribution in [-0.4, -0.2) is 25.0 Å². The Morgan fingerprint density at radius 1 is 0.975 bits per heavy atom. The third-order valence-corrected chi connectivity index (χ3v) is 6.37. The Bertz CT molecular complexity index is 1890. The number of benzene rings is 2. The Labute approximate surface area is 226 Å². The van der Waals surface area contributed by atoms with E-state index in [2.05, 4.69) is 37.0 Å². The van der Waals surface area contributed by atoms with Crippen molar-refractivity contribution in [1.82, 2.24) is 25.0 Å². The summed E-state index contributed by atoms with van der Waals surface area (Å²) in [7, 11) is 0. The molecule has 0 aliphatic heterocycles. The minimum atomic E-state index is -1.76. The van der Waals surface area contributed by atoms with E-state index in [0.29, 0.717) is 10.9 Å². The predicted octanol–water partition coefficient (Wildman–Crippen LogP) is 5.66. The third-order valence-electron chi connectivity index (χ3n) is 6.37. The highest BCUT2D eigenvalue weighted by atomic mass is 19.2. The molecule has 2 aromatic carbocycles. The largest absolute Gasteiger partial charge is 0.373 e. The Morgan fingerprint density at radius 3 is 2.45 bits per heavy atom. The van der Waals surface area contributed by atoms with E-state index in [1.54, 1.807) is 16.9 Å². The van der Waals surface area contributed by atoms with Crippen LogP contribution in [0.1, 0.15) is 48.7 Å². The monoisotopic (exact) mass is 538 g/mol. The number of fused-ring (bicyclic) bond motifs is 1. The van der Waals surface area contributed by atoms with Crippen LogP contribution in [-0.2, 0) is 0 Å². The van der Waals surface area contributed by atoms with Crippen molar-refractivity contribution in [3.63, 3.8) is 0 Å². The Morgan fingerprint density at radius 2 is 1.75 bits per heavy atom. The van der Waals surface area contributed by atoms with Gasteiger partial charge in [0.05, 0.1) is 53.8 Å². The second kappa shape index (κ2) is 10.0. The van der Waals surface area contributed by atoms with Gasteiger partial charge >= 0.3 is 0 Å². The van der Waals surface area contributed by atoms with Crippen LogP contribution < -0.4 is 10.6 Å². The van der Waals surface area contributed by atoms with E-state index in [1.807, 2.05) is 6.07 Å². The average Bonchev–Trinajstić information content (AvgIpc) is 3.70. The minimum Gasteiger partial charge on any atom is -0.373 e. The lowest BCUT2D eigenvalue weighted by Gasteiger charge is -2.20. The summed E-state index contributed by atoms with van der Waals surface area (Å²) in [4.78, 5) is 7.64. The molecule has 3 aromatic heterocycles. The fourth-order valence-corrected chi connectivity index (χ4v) is 4.27. The van der Waals surface area contributed by atoms with Gasteiger partial charge in [-0.25, -0.2) is 18.4 Å². The van der Waals surface area contributed by atoms with E-state index < -0.39 is 23.6 Å². The van der Waals surface area contributed by atoms with E-state index in [0.717, 1.165) is 25.1 Å². The molecule has 0 radical (unpaired) electrons. The lowest BCUT2D eigenvalue weighted by atomic mass is 10.0. The van der Waals surface area contributed by atoms with Gasteiger partial charge in [0.25, 0.3) is 0 Å². The zero-order chi connectivity index (χ0) is 28.7. The number of hydrogen-bond acceptors (Lipinski definition) is 8. The molecule has 0 amide bonds. The van der Waals surface area contributed by atoms with Crippen molar-refractivity contribution in [2.45, 2.75) is 24.9 Å². The zero-order valence-corrected chi connectivity index (χ0v) is 20.5. The molecule has 1 atom stereocenters. The average molecular weight is 539 g/mol. The fraction of sp³-hybridized carbons (Fsp3) is 0.143. The molecule has 0 saturated heterocycles. The molecule has 1 saturated carbocycles. The summed E-state index contributed by atoms with van der Waals surface area (Å²) in [6, 6.07) is 11.8. The number of aromatic nitrogens is 5. The van der Waals surface area contributed by atoms with Gasteiger partial charge in [0.1, 0.15) is 23.6 Å². The van der Waals surface area contributed by atoms with Gasteiger partial charge in [-0.05, 0) is 42.7 Å². The first kappa shape index (κ1) is 23.6. The Kier molecular flexibility index (Phi) is 5.90. The normalized spacial score (nSPS) is 14.6. The summed E-state index contributed by atoms with van der Waals surface area (Å²) >= 11 is 0. The zero-order valence-electron chi connectivity index (χ0n) is 21.5. The van der Waals surface area contributed by atoms with Crippen LogP contribution in [0.2, 0.25) is 0 Å². The molecule has 3 heterocycles. The highest BCUT2D eigenvalue weighted by Crippen LogP contribution is 2.37. The Balaban J connectivity index is 1.50. The van der Waals surface area contributed by atoms with Crippen molar-refractivity contribution in [3.8, 4) is 12.1 Å². The number of hydrogen-bond donors (Lipinski definition) is 2. The van der Waals surface area contributed by atoms with Gasteiger partial charge < -0.3 is 10.6 Å². The maximum atomic E-state index is 13.9. The molecule has 196 valence electrons. The first-order chi connectivity index (χ1) is 19.8. The number of nitrogens with zero attached hydrogens (tertiary/aromatic N) is 7. The highest BCUT2D eigenvalue weighted by molar-refractivity contribution is 6.00. The maximum Gasteiger partial charge on any atom is 0.249 e. The summed E-state index contributed by atoms with van der Waals surface area (Å²) in [5, 5.41) is 34.4. The summed E-state index contributed by atoms with van der Waals surface area (Å²) in [5.74, 6) is -2.95. The van der Waals surface area contributed by atoms with Crippen molar-refractivity contribution >= 4 is 28.0 Å². The van der Waals surface area contributed by atoms with Crippen LogP contribution >= 0.6 is 0 Å². The highest BCUT2D eigenvalue weighted by Gasteiger charge is 2.27. The van der Waals surface area contributed by atoms with E-state index in [9.17, 15) is 25.1 Å². The van der Waals surface area contributed by atoms with E-state index in [-0.39, 0.29) is 45.4 Å². The number of rotatable bonds is 7.